The highest BCUT2D eigenvalue weighted by Gasteiger charge is 1.99. The van der Waals surface area contributed by atoms with Crippen LogP contribution >= 0.6 is 15.9 Å². The largest absolute Gasteiger partial charge is 0.306 e. The first-order valence-corrected chi connectivity index (χ1v) is 5.22. The van der Waals surface area contributed by atoms with Gasteiger partial charge >= 0.3 is 0 Å². The van der Waals surface area contributed by atoms with Crippen LogP contribution in [0.3, 0.4) is 0 Å². The molecule has 0 saturated heterocycles. The van der Waals surface area contributed by atoms with Crippen LogP contribution in [0.4, 0.5) is 0 Å². The van der Waals surface area contributed by atoms with Crippen molar-refractivity contribution in [1.29, 1.82) is 0 Å². The number of nitrogens with zero attached hydrogens (tertiary/aromatic N) is 2. The summed E-state index contributed by atoms with van der Waals surface area (Å²) in [6.07, 6.45) is 6.31. The SMILES string of the molecule is CCCc1cn2cc(Br)ccc2n1. The van der Waals surface area contributed by atoms with E-state index in [4.69, 9.17) is 0 Å². The summed E-state index contributed by atoms with van der Waals surface area (Å²) in [5.41, 5.74) is 2.19. The topological polar surface area (TPSA) is 17.3 Å². The Labute approximate surface area is 85.7 Å². The van der Waals surface area contributed by atoms with E-state index in [2.05, 4.69) is 38.4 Å². The number of aryl methyl sites for hydroxylation is 1. The molecule has 0 spiro atoms. The van der Waals surface area contributed by atoms with Gasteiger partial charge in [-0.25, -0.2) is 4.98 Å². The molecule has 0 amide bonds. The Bertz CT molecular complexity index is 420. The minimum absolute atomic E-state index is 1.02. The Kier molecular flexibility index (Phi) is 2.36. The monoisotopic (exact) mass is 238 g/mol. The van der Waals surface area contributed by atoms with Crippen LogP contribution in [0.1, 0.15) is 19.0 Å². The lowest BCUT2D eigenvalue weighted by Crippen LogP contribution is -1.80. The molecule has 0 atom stereocenters. The fourth-order valence-corrected chi connectivity index (χ4v) is 1.75. The molecule has 2 rings (SSSR count). The summed E-state index contributed by atoms with van der Waals surface area (Å²) >= 11 is 3.43. The molecule has 0 unspecified atom stereocenters. The third kappa shape index (κ3) is 1.75. The molecule has 2 aromatic rings. The second-order valence-electron chi connectivity index (χ2n) is 3.10. The van der Waals surface area contributed by atoms with E-state index in [0.717, 1.165) is 23.0 Å². The second-order valence-corrected chi connectivity index (χ2v) is 4.01. The van der Waals surface area contributed by atoms with Crippen LogP contribution < -0.4 is 0 Å². The fraction of sp³-hybridized carbons (Fsp3) is 0.300. The van der Waals surface area contributed by atoms with Gasteiger partial charge in [-0.15, -0.1) is 0 Å². The van der Waals surface area contributed by atoms with Crippen molar-refractivity contribution < 1.29 is 0 Å². The van der Waals surface area contributed by atoms with E-state index in [0.29, 0.717) is 0 Å². The van der Waals surface area contributed by atoms with Crippen LogP contribution in [0.2, 0.25) is 0 Å². The molecule has 2 nitrogen and oxygen atoms in total. The van der Waals surface area contributed by atoms with Gasteiger partial charge in [0.2, 0.25) is 0 Å². The maximum atomic E-state index is 4.49. The van der Waals surface area contributed by atoms with E-state index in [1.54, 1.807) is 0 Å². The van der Waals surface area contributed by atoms with Gasteiger partial charge in [0.15, 0.2) is 0 Å². The first kappa shape index (κ1) is 8.75. The van der Waals surface area contributed by atoms with Gasteiger partial charge in [-0.05, 0) is 34.5 Å². The zero-order valence-electron chi connectivity index (χ0n) is 7.50. The summed E-state index contributed by atoms with van der Waals surface area (Å²) in [4.78, 5) is 4.49. The number of halogens is 1. The molecular formula is C10H11BrN2. The molecule has 13 heavy (non-hydrogen) atoms. The smallest absolute Gasteiger partial charge is 0.137 e. The van der Waals surface area contributed by atoms with E-state index in [-0.39, 0.29) is 0 Å². The molecule has 2 heterocycles. The Morgan fingerprint density at radius 1 is 1.38 bits per heavy atom. The van der Waals surface area contributed by atoms with Crippen LogP contribution in [0.15, 0.2) is 29.0 Å². The number of rotatable bonds is 2. The van der Waals surface area contributed by atoms with Crippen molar-refractivity contribution in [2.75, 3.05) is 0 Å². The van der Waals surface area contributed by atoms with Crippen molar-refractivity contribution in [2.24, 2.45) is 0 Å². The molecule has 3 heteroatoms. The summed E-state index contributed by atoms with van der Waals surface area (Å²) in [6.45, 7) is 2.17. The molecule has 0 aliphatic rings. The molecule has 0 fully saturated rings. The van der Waals surface area contributed by atoms with Gasteiger partial charge in [0.05, 0.1) is 5.69 Å². The van der Waals surface area contributed by atoms with Gasteiger partial charge in [-0.2, -0.15) is 0 Å². The third-order valence-corrected chi connectivity index (χ3v) is 2.44. The molecule has 0 N–H and O–H groups in total. The summed E-state index contributed by atoms with van der Waals surface area (Å²) < 4.78 is 3.13. The summed E-state index contributed by atoms with van der Waals surface area (Å²) in [5, 5.41) is 0. The van der Waals surface area contributed by atoms with Crippen LogP contribution in [0.25, 0.3) is 5.65 Å². The minimum atomic E-state index is 1.02. The Morgan fingerprint density at radius 3 is 3.00 bits per heavy atom. The summed E-state index contributed by atoms with van der Waals surface area (Å²) in [5.74, 6) is 0. The van der Waals surface area contributed by atoms with Crippen LogP contribution in [0, 0.1) is 0 Å². The first-order valence-electron chi connectivity index (χ1n) is 4.42. The molecule has 0 radical (unpaired) electrons. The summed E-state index contributed by atoms with van der Waals surface area (Å²) in [6, 6.07) is 4.03. The average molecular weight is 239 g/mol. The van der Waals surface area contributed by atoms with E-state index in [9.17, 15) is 0 Å². The molecule has 0 saturated carbocycles. The van der Waals surface area contributed by atoms with Gasteiger partial charge in [0.25, 0.3) is 0 Å². The van der Waals surface area contributed by atoms with E-state index >= 15 is 0 Å². The van der Waals surface area contributed by atoms with Crippen molar-refractivity contribution in [3.05, 3.63) is 34.7 Å². The predicted molar refractivity (Wildman–Crippen MR) is 56.9 cm³/mol. The maximum absolute atomic E-state index is 4.49. The zero-order chi connectivity index (χ0) is 9.26. The third-order valence-electron chi connectivity index (χ3n) is 1.97. The highest BCUT2D eigenvalue weighted by atomic mass is 79.9. The van der Waals surface area contributed by atoms with Gasteiger partial charge in [-0.1, -0.05) is 13.3 Å². The van der Waals surface area contributed by atoms with E-state index in [1.165, 1.54) is 5.69 Å². The van der Waals surface area contributed by atoms with Crippen molar-refractivity contribution in [2.45, 2.75) is 19.8 Å². The number of fused-ring (bicyclic) bond motifs is 1. The van der Waals surface area contributed by atoms with Gasteiger partial charge in [0.1, 0.15) is 5.65 Å². The first-order chi connectivity index (χ1) is 6.29. The number of pyridine rings is 1. The highest BCUT2D eigenvalue weighted by Crippen LogP contribution is 2.12. The van der Waals surface area contributed by atoms with Crippen molar-refractivity contribution in [3.63, 3.8) is 0 Å². The van der Waals surface area contributed by atoms with E-state index < -0.39 is 0 Å². The van der Waals surface area contributed by atoms with Crippen molar-refractivity contribution in [1.82, 2.24) is 9.38 Å². The zero-order valence-corrected chi connectivity index (χ0v) is 9.08. The van der Waals surface area contributed by atoms with E-state index in [1.807, 2.05) is 18.3 Å². The Hall–Kier alpha value is -0.830. The molecule has 68 valence electrons. The highest BCUT2D eigenvalue weighted by molar-refractivity contribution is 9.10. The minimum Gasteiger partial charge on any atom is -0.306 e. The number of aromatic nitrogens is 2. The Morgan fingerprint density at radius 2 is 2.23 bits per heavy atom. The van der Waals surface area contributed by atoms with Gasteiger partial charge in [0, 0.05) is 16.9 Å². The molecule has 2 aromatic heterocycles. The standard InChI is InChI=1S/C10H11BrN2/c1-2-3-9-7-13-6-8(11)4-5-10(13)12-9/h4-7H,2-3H2,1H3. The lowest BCUT2D eigenvalue weighted by molar-refractivity contribution is 0.894. The van der Waals surface area contributed by atoms with Crippen molar-refractivity contribution in [3.8, 4) is 0 Å². The van der Waals surface area contributed by atoms with Gasteiger partial charge in [-0.3, -0.25) is 0 Å². The lowest BCUT2D eigenvalue weighted by atomic mass is 10.3. The second kappa shape index (κ2) is 3.50. The van der Waals surface area contributed by atoms with Crippen LogP contribution in [-0.4, -0.2) is 9.38 Å². The van der Waals surface area contributed by atoms with Crippen molar-refractivity contribution >= 4 is 21.6 Å². The van der Waals surface area contributed by atoms with Gasteiger partial charge < -0.3 is 4.40 Å². The molecule has 0 aliphatic carbocycles. The van der Waals surface area contributed by atoms with Crippen LogP contribution in [0.5, 0.6) is 0 Å². The number of imidazole rings is 1. The number of hydrogen-bond acceptors (Lipinski definition) is 1. The predicted octanol–water partition coefficient (Wildman–Crippen LogP) is 3.05. The average Bonchev–Trinajstić information content (AvgIpc) is 2.46. The molecule has 0 bridgehead atoms. The molecular weight excluding hydrogens is 228 g/mol. The fourth-order valence-electron chi connectivity index (χ4n) is 1.39. The Balaban J connectivity index is 2.49. The normalized spacial score (nSPS) is 10.9. The summed E-state index contributed by atoms with van der Waals surface area (Å²) in [7, 11) is 0. The molecule has 0 aromatic carbocycles. The quantitative estimate of drug-likeness (QED) is 0.787. The lowest BCUT2D eigenvalue weighted by Gasteiger charge is -1.91. The van der Waals surface area contributed by atoms with Crippen LogP contribution in [-0.2, 0) is 6.42 Å². The maximum Gasteiger partial charge on any atom is 0.137 e. The number of hydrogen-bond donors (Lipinski definition) is 0. The molecule has 0 aliphatic heterocycles.